The van der Waals surface area contributed by atoms with Gasteiger partial charge in [-0.2, -0.15) is 0 Å². The van der Waals surface area contributed by atoms with E-state index in [0.29, 0.717) is 34.4 Å². The van der Waals surface area contributed by atoms with E-state index in [0.717, 1.165) is 26.7 Å². The summed E-state index contributed by atoms with van der Waals surface area (Å²) in [7, 11) is 0. The number of aryl methyl sites for hydroxylation is 1. The number of nitrogens with one attached hydrogen (secondary N) is 1. The highest BCUT2D eigenvalue weighted by Crippen LogP contribution is 2.35. The van der Waals surface area contributed by atoms with Crippen LogP contribution in [0.15, 0.2) is 77.7 Å². The number of hydrogen-bond donors (Lipinski definition) is 1. The normalized spacial score (nSPS) is 15.3. The second-order valence-electron chi connectivity index (χ2n) is 8.52. The first-order chi connectivity index (χ1) is 17.5. The van der Waals surface area contributed by atoms with Gasteiger partial charge in [0.2, 0.25) is 11.0 Å². The van der Waals surface area contributed by atoms with Crippen LogP contribution in [0.4, 0.5) is 10.8 Å². The molecule has 1 aliphatic heterocycles. The summed E-state index contributed by atoms with van der Waals surface area (Å²) in [6.45, 7) is 2.56. The van der Waals surface area contributed by atoms with Crippen LogP contribution in [0.3, 0.4) is 0 Å². The summed E-state index contributed by atoms with van der Waals surface area (Å²) in [6.07, 6.45) is 0.373. The van der Waals surface area contributed by atoms with E-state index in [1.165, 1.54) is 11.3 Å². The van der Waals surface area contributed by atoms with Crippen LogP contribution in [0.5, 0.6) is 0 Å². The molecule has 1 aromatic heterocycles. The zero-order valence-electron chi connectivity index (χ0n) is 19.5. The molecule has 2 amide bonds. The van der Waals surface area contributed by atoms with E-state index in [4.69, 9.17) is 11.6 Å². The number of nitrogens with zero attached hydrogens (tertiary/aromatic N) is 3. The molecule has 0 aliphatic carbocycles. The van der Waals surface area contributed by atoms with E-state index < -0.39 is 0 Å². The van der Waals surface area contributed by atoms with E-state index in [9.17, 15) is 9.59 Å². The van der Waals surface area contributed by atoms with Gasteiger partial charge in [0.25, 0.3) is 5.91 Å². The van der Waals surface area contributed by atoms with Gasteiger partial charge in [-0.1, -0.05) is 65.4 Å². The van der Waals surface area contributed by atoms with Crippen LogP contribution >= 0.6 is 34.7 Å². The van der Waals surface area contributed by atoms with Gasteiger partial charge in [0, 0.05) is 40.2 Å². The molecule has 0 spiro atoms. The molecule has 1 aliphatic rings. The van der Waals surface area contributed by atoms with Gasteiger partial charge in [-0.3, -0.25) is 14.9 Å². The molecule has 1 unspecified atom stereocenters. The highest BCUT2D eigenvalue weighted by Gasteiger charge is 2.34. The first-order valence-electron chi connectivity index (χ1n) is 11.4. The summed E-state index contributed by atoms with van der Waals surface area (Å²) in [5.41, 5.74) is 3.58. The van der Waals surface area contributed by atoms with Gasteiger partial charge in [0.05, 0.1) is 5.56 Å². The molecular weight excluding hydrogens is 512 g/mol. The molecule has 1 saturated heterocycles. The Hall–Kier alpha value is -3.20. The van der Waals surface area contributed by atoms with Crippen LogP contribution < -0.4 is 10.2 Å². The van der Waals surface area contributed by atoms with Gasteiger partial charge in [0.1, 0.15) is 5.01 Å². The summed E-state index contributed by atoms with van der Waals surface area (Å²) in [5.74, 6) is 0.416. The maximum atomic E-state index is 13.1. The summed E-state index contributed by atoms with van der Waals surface area (Å²) in [6, 6.07) is 23.1. The summed E-state index contributed by atoms with van der Waals surface area (Å²) in [5, 5.41) is 13.2. The van der Waals surface area contributed by atoms with Crippen LogP contribution in [0.1, 0.15) is 38.8 Å². The molecule has 1 atom stereocenters. The lowest BCUT2D eigenvalue weighted by molar-refractivity contribution is -0.117. The average molecular weight is 535 g/mol. The van der Waals surface area contributed by atoms with Crippen molar-refractivity contribution in [2.75, 3.05) is 16.8 Å². The molecule has 3 aromatic carbocycles. The minimum Gasteiger partial charge on any atom is -0.312 e. The van der Waals surface area contributed by atoms with E-state index >= 15 is 0 Å². The zero-order valence-corrected chi connectivity index (χ0v) is 21.9. The highest BCUT2D eigenvalue weighted by atomic mass is 35.5. The van der Waals surface area contributed by atoms with E-state index in [1.54, 1.807) is 22.7 Å². The number of rotatable bonds is 7. The molecule has 2 heterocycles. The van der Waals surface area contributed by atoms with Gasteiger partial charge in [-0.05, 0) is 48.4 Å². The predicted octanol–water partition coefficient (Wildman–Crippen LogP) is 6.57. The Morgan fingerprint density at radius 3 is 2.75 bits per heavy atom. The average Bonchev–Trinajstić information content (AvgIpc) is 3.50. The zero-order chi connectivity index (χ0) is 25.1. The number of aromatic nitrogens is 2. The summed E-state index contributed by atoms with van der Waals surface area (Å²) >= 11 is 9.16. The third kappa shape index (κ3) is 5.46. The number of thioether (sulfide) groups is 1. The van der Waals surface area contributed by atoms with Crippen molar-refractivity contribution in [2.45, 2.75) is 29.9 Å². The van der Waals surface area contributed by atoms with Crippen LogP contribution in [0.2, 0.25) is 5.02 Å². The van der Waals surface area contributed by atoms with Crippen molar-refractivity contribution >= 4 is 57.3 Å². The molecule has 9 heteroatoms. The third-order valence-electron chi connectivity index (χ3n) is 5.92. The van der Waals surface area contributed by atoms with Crippen LogP contribution in [0.25, 0.3) is 0 Å². The van der Waals surface area contributed by atoms with Gasteiger partial charge in [-0.15, -0.1) is 22.0 Å². The number of benzene rings is 3. The molecule has 4 aromatic rings. The molecule has 0 bridgehead atoms. The number of carbonyl (C=O) groups excluding carboxylic acids is 2. The van der Waals surface area contributed by atoms with Gasteiger partial charge in [-0.25, -0.2) is 0 Å². The Labute approximate surface area is 222 Å². The Bertz CT molecular complexity index is 1420. The topological polar surface area (TPSA) is 75.2 Å². The molecule has 6 nitrogen and oxygen atoms in total. The molecule has 0 saturated carbocycles. The van der Waals surface area contributed by atoms with Crippen LogP contribution in [-0.2, 0) is 10.5 Å². The number of carbonyl (C=O) groups is 2. The largest absolute Gasteiger partial charge is 0.312 e. The minimum atomic E-state index is -0.246. The fraction of sp³-hybridized carbons (Fsp3) is 0.185. The van der Waals surface area contributed by atoms with Crippen molar-refractivity contribution in [3.05, 3.63) is 99.5 Å². The van der Waals surface area contributed by atoms with Crippen molar-refractivity contribution in [2.24, 2.45) is 0 Å². The maximum Gasteiger partial charge on any atom is 0.258 e. The van der Waals surface area contributed by atoms with Crippen molar-refractivity contribution in [1.29, 1.82) is 0 Å². The Morgan fingerprint density at radius 2 is 1.92 bits per heavy atom. The van der Waals surface area contributed by atoms with Crippen molar-refractivity contribution in [3.63, 3.8) is 0 Å². The lowest BCUT2D eigenvalue weighted by atomic mass is 10.1. The quantitative estimate of drug-likeness (QED) is 0.271. The number of halogens is 1. The first-order valence-corrected chi connectivity index (χ1v) is 13.6. The predicted molar refractivity (Wildman–Crippen MR) is 146 cm³/mol. The second-order valence-corrected chi connectivity index (χ2v) is 11.0. The van der Waals surface area contributed by atoms with Gasteiger partial charge in [0.15, 0.2) is 0 Å². The lowest BCUT2D eigenvalue weighted by Crippen LogP contribution is -2.24. The van der Waals surface area contributed by atoms with E-state index in [-0.39, 0.29) is 17.7 Å². The Kier molecular flexibility index (Phi) is 7.36. The molecular formula is C27H23ClN4O2S2. The lowest BCUT2D eigenvalue weighted by Gasteiger charge is -2.16. The highest BCUT2D eigenvalue weighted by molar-refractivity contribution is 7.98. The van der Waals surface area contributed by atoms with Crippen molar-refractivity contribution < 1.29 is 9.59 Å². The van der Waals surface area contributed by atoms with Crippen LogP contribution in [-0.4, -0.2) is 28.6 Å². The Morgan fingerprint density at radius 1 is 1.11 bits per heavy atom. The molecule has 1 N–H and O–H groups in total. The number of amides is 2. The first kappa shape index (κ1) is 24.5. The second kappa shape index (κ2) is 10.8. The maximum absolute atomic E-state index is 13.1. The van der Waals surface area contributed by atoms with Crippen LogP contribution in [0, 0.1) is 6.92 Å². The van der Waals surface area contributed by atoms with Crippen molar-refractivity contribution in [3.8, 4) is 0 Å². The molecule has 36 heavy (non-hydrogen) atoms. The Balaban J connectivity index is 1.25. The standard InChI is InChI=1S/C27H23ClN4O2S2/c1-17-7-6-9-20(13-17)32-15-19(14-24(32)33)26-30-31-27(36-26)29-25(34)21-10-3-5-12-23(21)35-16-18-8-2-4-11-22(18)28/h2-13,19H,14-16H2,1H3,(H,29,31,34). The monoisotopic (exact) mass is 534 g/mol. The smallest absolute Gasteiger partial charge is 0.258 e. The van der Waals surface area contributed by atoms with E-state index in [2.05, 4.69) is 15.5 Å². The van der Waals surface area contributed by atoms with Crippen molar-refractivity contribution in [1.82, 2.24) is 10.2 Å². The summed E-state index contributed by atoms with van der Waals surface area (Å²) in [4.78, 5) is 28.4. The number of hydrogen-bond acceptors (Lipinski definition) is 6. The van der Waals surface area contributed by atoms with Gasteiger partial charge >= 0.3 is 0 Å². The summed E-state index contributed by atoms with van der Waals surface area (Å²) < 4.78 is 0. The molecule has 182 valence electrons. The molecule has 0 radical (unpaired) electrons. The third-order valence-corrected chi connectivity index (χ3v) is 8.41. The fourth-order valence-corrected chi connectivity index (χ4v) is 6.25. The minimum absolute atomic E-state index is 0.0559. The number of anilines is 2. The molecule has 1 fully saturated rings. The van der Waals surface area contributed by atoms with Gasteiger partial charge < -0.3 is 4.90 Å². The van der Waals surface area contributed by atoms with E-state index in [1.807, 2.05) is 73.7 Å². The SMILES string of the molecule is Cc1cccc(N2CC(c3nnc(NC(=O)c4ccccc4SCc4ccccc4Cl)s3)CC2=O)c1. The molecule has 5 rings (SSSR count). The fourth-order valence-electron chi connectivity index (χ4n) is 4.08.